The third kappa shape index (κ3) is 3.67. The quantitative estimate of drug-likeness (QED) is 0.796. The Kier molecular flexibility index (Phi) is 5.16. The molecule has 1 unspecified atom stereocenters. The molecule has 3 nitrogen and oxygen atoms in total. The summed E-state index contributed by atoms with van der Waals surface area (Å²) in [5, 5.41) is 5.77. The van der Waals surface area contributed by atoms with E-state index in [1.54, 1.807) is 0 Å². The highest BCUT2D eigenvalue weighted by atomic mass is 79.9. The van der Waals surface area contributed by atoms with Gasteiger partial charge in [-0.2, -0.15) is 0 Å². The van der Waals surface area contributed by atoms with E-state index in [0.717, 1.165) is 41.6 Å². The molecule has 0 radical (unpaired) electrons. The highest BCUT2D eigenvalue weighted by molar-refractivity contribution is 9.10. The minimum absolute atomic E-state index is 0.594. The normalized spacial score (nSPS) is 12.6. The third-order valence-corrected chi connectivity index (χ3v) is 4.01. The second-order valence-electron chi connectivity index (χ2n) is 4.90. The van der Waals surface area contributed by atoms with Crippen LogP contribution in [0.25, 0.3) is 10.8 Å². The number of hydrogen-bond acceptors (Lipinski definition) is 3. The minimum atomic E-state index is 0.594. The highest BCUT2D eigenvalue weighted by Crippen LogP contribution is 2.27. The van der Waals surface area contributed by atoms with E-state index in [1.807, 2.05) is 18.3 Å². The molecule has 0 bridgehead atoms. The molecular weight excluding hydrogens is 302 g/mol. The maximum atomic E-state index is 5.62. The number of benzene rings is 1. The lowest BCUT2D eigenvalue weighted by Gasteiger charge is -2.11. The monoisotopic (exact) mass is 321 g/mol. The van der Waals surface area contributed by atoms with Crippen LogP contribution in [0.2, 0.25) is 0 Å². The van der Waals surface area contributed by atoms with Crippen LogP contribution in [0, 0.1) is 5.92 Å². The Morgan fingerprint density at radius 3 is 2.95 bits per heavy atom. The van der Waals surface area contributed by atoms with E-state index in [2.05, 4.69) is 45.3 Å². The van der Waals surface area contributed by atoms with Crippen LogP contribution in [-0.2, 0) is 0 Å². The number of anilines is 1. The number of nitrogens with two attached hydrogens (primary N) is 1. The molecule has 0 saturated heterocycles. The Morgan fingerprint density at radius 2 is 2.16 bits per heavy atom. The fraction of sp³-hybridized carbons (Fsp3) is 0.400. The molecule has 0 spiro atoms. The second-order valence-corrected chi connectivity index (χ2v) is 5.76. The average molecular weight is 322 g/mol. The van der Waals surface area contributed by atoms with Crippen LogP contribution in [0.15, 0.2) is 34.9 Å². The van der Waals surface area contributed by atoms with Crippen molar-refractivity contribution in [3.8, 4) is 0 Å². The zero-order valence-corrected chi connectivity index (χ0v) is 12.8. The number of nitrogens with zero attached hydrogens (tertiary/aromatic N) is 1. The van der Waals surface area contributed by atoms with Gasteiger partial charge >= 0.3 is 0 Å². The first kappa shape index (κ1) is 14.3. The Labute approximate surface area is 122 Å². The van der Waals surface area contributed by atoms with Crippen molar-refractivity contribution in [1.29, 1.82) is 0 Å². The first-order chi connectivity index (χ1) is 9.22. The van der Waals surface area contributed by atoms with E-state index >= 15 is 0 Å². The van der Waals surface area contributed by atoms with E-state index in [4.69, 9.17) is 5.73 Å². The van der Waals surface area contributed by atoms with Crippen LogP contribution in [0.3, 0.4) is 0 Å². The molecule has 0 saturated carbocycles. The maximum Gasteiger partial charge on any atom is 0.133 e. The zero-order valence-electron chi connectivity index (χ0n) is 11.2. The van der Waals surface area contributed by atoms with Gasteiger partial charge in [0.1, 0.15) is 5.82 Å². The topological polar surface area (TPSA) is 50.9 Å². The average Bonchev–Trinajstić information content (AvgIpc) is 2.44. The summed E-state index contributed by atoms with van der Waals surface area (Å²) in [7, 11) is 0. The SMILES string of the molecule is CC(CN)CCCNc1nccc2c(Br)cccc12. The molecule has 102 valence electrons. The number of hydrogen-bond donors (Lipinski definition) is 2. The van der Waals surface area contributed by atoms with E-state index in [-0.39, 0.29) is 0 Å². The fourth-order valence-corrected chi connectivity index (χ4v) is 2.58. The summed E-state index contributed by atoms with van der Waals surface area (Å²) < 4.78 is 1.10. The number of nitrogens with one attached hydrogen (secondary N) is 1. The summed E-state index contributed by atoms with van der Waals surface area (Å²) >= 11 is 3.57. The van der Waals surface area contributed by atoms with Gasteiger partial charge in [0, 0.05) is 28.0 Å². The lowest BCUT2D eigenvalue weighted by Crippen LogP contribution is -2.12. The number of rotatable bonds is 6. The molecule has 2 rings (SSSR count). The van der Waals surface area contributed by atoms with E-state index in [1.165, 1.54) is 5.39 Å². The third-order valence-electron chi connectivity index (χ3n) is 3.32. The zero-order chi connectivity index (χ0) is 13.7. The molecule has 19 heavy (non-hydrogen) atoms. The molecule has 1 heterocycles. The van der Waals surface area contributed by atoms with Crippen LogP contribution in [-0.4, -0.2) is 18.1 Å². The molecule has 2 aromatic rings. The van der Waals surface area contributed by atoms with Crippen molar-refractivity contribution in [2.45, 2.75) is 19.8 Å². The molecule has 1 aromatic carbocycles. The van der Waals surface area contributed by atoms with Crippen molar-refractivity contribution in [3.05, 3.63) is 34.9 Å². The first-order valence-electron chi connectivity index (χ1n) is 6.69. The summed E-state index contributed by atoms with van der Waals surface area (Å²) in [6.45, 7) is 3.88. The predicted molar refractivity (Wildman–Crippen MR) is 85.4 cm³/mol. The van der Waals surface area contributed by atoms with Gasteiger partial charge in [-0.3, -0.25) is 0 Å². The van der Waals surface area contributed by atoms with Crippen molar-refractivity contribution < 1.29 is 0 Å². The maximum absolute atomic E-state index is 5.62. The summed E-state index contributed by atoms with van der Waals surface area (Å²) in [6.07, 6.45) is 4.11. The summed E-state index contributed by atoms with van der Waals surface area (Å²) in [5.41, 5.74) is 5.62. The molecule has 0 amide bonds. The molecule has 0 aliphatic heterocycles. The molecule has 1 aromatic heterocycles. The summed E-state index contributed by atoms with van der Waals surface area (Å²) in [5.74, 6) is 1.55. The van der Waals surface area contributed by atoms with Crippen LogP contribution in [0.5, 0.6) is 0 Å². The van der Waals surface area contributed by atoms with E-state index < -0.39 is 0 Å². The molecule has 0 fully saturated rings. The summed E-state index contributed by atoms with van der Waals surface area (Å²) in [6, 6.07) is 8.21. The molecular formula is C15H20BrN3. The van der Waals surface area contributed by atoms with Gasteiger partial charge in [0.2, 0.25) is 0 Å². The van der Waals surface area contributed by atoms with Gasteiger partial charge in [0.25, 0.3) is 0 Å². The molecule has 0 aliphatic rings. The van der Waals surface area contributed by atoms with Crippen LogP contribution >= 0.6 is 15.9 Å². The van der Waals surface area contributed by atoms with Gasteiger partial charge in [0.05, 0.1) is 0 Å². The van der Waals surface area contributed by atoms with E-state index in [0.29, 0.717) is 5.92 Å². The first-order valence-corrected chi connectivity index (χ1v) is 7.49. The van der Waals surface area contributed by atoms with Gasteiger partial charge in [-0.1, -0.05) is 35.0 Å². The van der Waals surface area contributed by atoms with Crippen LogP contribution in [0.4, 0.5) is 5.82 Å². The van der Waals surface area contributed by atoms with Crippen LogP contribution in [0.1, 0.15) is 19.8 Å². The summed E-state index contributed by atoms with van der Waals surface area (Å²) in [4.78, 5) is 4.43. The number of fused-ring (bicyclic) bond motifs is 1. The largest absolute Gasteiger partial charge is 0.370 e. The van der Waals surface area contributed by atoms with Gasteiger partial charge in [-0.05, 0) is 37.4 Å². The van der Waals surface area contributed by atoms with Gasteiger partial charge in [-0.15, -0.1) is 0 Å². The lowest BCUT2D eigenvalue weighted by molar-refractivity contribution is 0.529. The molecule has 4 heteroatoms. The van der Waals surface area contributed by atoms with Gasteiger partial charge < -0.3 is 11.1 Å². The lowest BCUT2D eigenvalue weighted by atomic mass is 10.1. The van der Waals surface area contributed by atoms with Crippen molar-refractivity contribution >= 4 is 32.5 Å². The minimum Gasteiger partial charge on any atom is -0.370 e. The Balaban J connectivity index is 2.03. The molecule has 3 N–H and O–H groups in total. The van der Waals surface area contributed by atoms with E-state index in [9.17, 15) is 0 Å². The van der Waals surface area contributed by atoms with Gasteiger partial charge in [-0.25, -0.2) is 4.98 Å². The Hall–Kier alpha value is -1.13. The van der Waals surface area contributed by atoms with Crippen molar-refractivity contribution in [3.63, 3.8) is 0 Å². The number of halogens is 1. The predicted octanol–water partition coefficient (Wildman–Crippen LogP) is 3.78. The van der Waals surface area contributed by atoms with Crippen LogP contribution < -0.4 is 11.1 Å². The smallest absolute Gasteiger partial charge is 0.133 e. The number of aromatic nitrogens is 1. The highest BCUT2D eigenvalue weighted by Gasteiger charge is 2.04. The molecule has 0 aliphatic carbocycles. The second kappa shape index (κ2) is 6.87. The van der Waals surface area contributed by atoms with Crippen molar-refractivity contribution in [2.24, 2.45) is 11.7 Å². The standard InChI is InChI=1S/C15H20BrN3/c1-11(10-17)4-3-8-18-15-13-5-2-6-14(16)12(13)7-9-19-15/h2,5-7,9,11H,3-4,8,10,17H2,1H3,(H,18,19). The molecule has 1 atom stereocenters. The van der Waals surface area contributed by atoms with Crippen molar-refractivity contribution in [1.82, 2.24) is 4.98 Å². The van der Waals surface area contributed by atoms with Gasteiger partial charge in [0.15, 0.2) is 0 Å². The number of pyridine rings is 1. The fourth-order valence-electron chi connectivity index (χ4n) is 2.08. The Morgan fingerprint density at radius 1 is 1.32 bits per heavy atom. The van der Waals surface area contributed by atoms with Crippen molar-refractivity contribution in [2.75, 3.05) is 18.4 Å². The Bertz CT molecular complexity index is 542.